The Labute approximate surface area is 94.0 Å². The Hall–Kier alpha value is -1.42. The van der Waals surface area contributed by atoms with Gasteiger partial charge in [-0.3, -0.25) is 4.79 Å². The molecule has 0 radical (unpaired) electrons. The Morgan fingerprint density at radius 1 is 1.50 bits per heavy atom. The van der Waals surface area contributed by atoms with Crippen molar-refractivity contribution in [1.29, 1.82) is 0 Å². The highest BCUT2D eigenvalue weighted by Gasteiger charge is 2.21. The third kappa shape index (κ3) is 2.07. The van der Waals surface area contributed by atoms with E-state index in [4.69, 9.17) is 5.73 Å². The molecule has 3 nitrogen and oxygen atoms in total. The molecule has 0 atom stereocenters. The summed E-state index contributed by atoms with van der Waals surface area (Å²) in [7, 11) is 0. The normalized spacial score (nSPS) is 14.8. The van der Waals surface area contributed by atoms with Crippen LogP contribution in [0.4, 0.5) is 10.1 Å². The van der Waals surface area contributed by atoms with E-state index in [1.165, 1.54) is 12.1 Å². The quantitative estimate of drug-likeness (QED) is 0.823. The molecule has 0 fully saturated rings. The highest BCUT2D eigenvalue weighted by atomic mass is 19.1. The van der Waals surface area contributed by atoms with E-state index in [0.29, 0.717) is 19.5 Å². The van der Waals surface area contributed by atoms with Crippen LogP contribution in [0.15, 0.2) is 18.2 Å². The van der Waals surface area contributed by atoms with Crippen LogP contribution in [0, 0.1) is 5.82 Å². The molecule has 86 valence electrons. The summed E-state index contributed by atoms with van der Waals surface area (Å²) >= 11 is 0. The number of aryl methyl sites for hydroxylation is 1. The van der Waals surface area contributed by atoms with E-state index in [0.717, 1.165) is 24.1 Å². The number of amides is 1. The predicted molar refractivity (Wildman–Crippen MR) is 60.7 cm³/mol. The van der Waals surface area contributed by atoms with Crippen LogP contribution >= 0.6 is 0 Å². The van der Waals surface area contributed by atoms with Crippen molar-refractivity contribution in [3.63, 3.8) is 0 Å². The highest BCUT2D eigenvalue weighted by Crippen LogP contribution is 2.28. The number of nitrogens with zero attached hydrogens (tertiary/aromatic N) is 1. The summed E-state index contributed by atoms with van der Waals surface area (Å²) in [6.07, 6.45) is 2.06. The fraction of sp³-hybridized carbons (Fsp3) is 0.417. The second-order valence-electron chi connectivity index (χ2n) is 3.96. The molecule has 0 aliphatic carbocycles. The van der Waals surface area contributed by atoms with Gasteiger partial charge in [0.05, 0.1) is 0 Å². The first kappa shape index (κ1) is 11.1. The number of anilines is 1. The minimum Gasteiger partial charge on any atom is -0.330 e. The highest BCUT2D eigenvalue weighted by molar-refractivity contribution is 5.94. The molecule has 0 bridgehead atoms. The molecule has 4 heteroatoms. The molecule has 0 saturated carbocycles. The SMILES string of the molecule is NCCC(=O)N1CCCc2cc(F)ccc21. The van der Waals surface area contributed by atoms with Gasteiger partial charge in [-0.25, -0.2) is 4.39 Å². The van der Waals surface area contributed by atoms with E-state index < -0.39 is 0 Å². The van der Waals surface area contributed by atoms with Crippen molar-refractivity contribution in [3.05, 3.63) is 29.6 Å². The summed E-state index contributed by atoms with van der Waals surface area (Å²) in [6, 6.07) is 4.59. The van der Waals surface area contributed by atoms with Crippen LogP contribution in [-0.4, -0.2) is 19.0 Å². The number of halogens is 1. The van der Waals surface area contributed by atoms with Crippen LogP contribution in [0.2, 0.25) is 0 Å². The molecule has 16 heavy (non-hydrogen) atoms. The molecular weight excluding hydrogens is 207 g/mol. The standard InChI is InChI=1S/C12H15FN2O/c13-10-3-4-11-9(8-10)2-1-7-15(11)12(16)5-6-14/h3-4,8H,1-2,5-7,14H2. The Balaban J connectivity index is 2.29. The van der Waals surface area contributed by atoms with Crippen LogP contribution in [0.5, 0.6) is 0 Å². The zero-order valence-electron chi connectivity index (χ0n) is 9.08. The Morgan fingerprint density at radius 3 is 3.06 bits per heavy atom. The van der Waals surface area contributed by atoms with Gasteiger partial charge in [0, 0.05) is 25.2 Å². The van der Waals surface area contributed by atoms with Crippen molar-refractivity contribution in [2.75, 3.05) is 18.0 Å². The lowest BCUT2D eigenvalue weighted by Crippen LogP contribution is -2.36. The zero-order valence-corrected chi connectivity index (χ0v) is 9.08. The van der Waals surface area contributed by atoms with Crippen LogP contribution in [0.25, 0.3) is 0 Å². The van der Waals surface area contributed by atoms with Gasteiger partial charge in [0.2, 0.25) is 5.91 Å². The summed E-state index contributed by atoms with van der Waals surface area (Å²) in [5, 5.41) is 0. The van der Waals surface area contributed by atoms with Gasteiger partial charge < -0.3 is 10.6 Å². The minimum absolute atomic E-state index is 0.0232. The third-order valence-corrected chi connectivity index (χ3v) is 2.82. The predicted octanol–water partition coefficient (Wildman–Crippen LogP) is 1.45. The third-order valence-electron chi connectivity index (χ3n) is 2.82. The summed E-state index contributed by atoms with van der Waals surface area (Å²) in [4.78, 5) is 13.5. The lowest BCUT2D eigenvalue weighted by Gasteiger charge is -2.29. The number of hydrogen-bond donors (Lipinski definition) is 1. The van der Waals surface area contributed by atoms with Crippen molar-refractivity contribution in [2.24, 2.45) is 5.73 Å². The maximum Gasteiger partial charge on any atom is 0.228 e. The number of fused-ring (bicyclic) bond motifs is 1. The first-order valence-corrected chi connectivity index (χ1v) is 5.51. The number of carbonyl (C=O) groups is 1. The molecule has 1 aromatic rings. The lowest BCUT2D eigenvalue weighted by atomic mass is 10.0. The molecule has 0 unspecified atom stereocenters. The van der Waals surface area contributed by atoms with Crippen LogP contribution in [-0.2, 0) is 11.2 Å². The van der Waals surface area contributed by atoms with Gasteiger partial charge >= 0.3 is 0 Å². The van der Waals surface area contributed by atoms with Gasteiger partial charge in [0.25, 0.3) is 0 Å². The molecule has 1 heterocycles. The molecule has 1 aliphatic rings. The molecule has 1 aliphatic heterocycles. The van der Waals surface area contributed by atoms with Crippen LogP contribution < -0.4 is 10.6 Å². The average molecular weight is 222 g/mol. The smallest absolute Gasteiger partial charge is 0.228 e. The summed E-state index contributed by atoms with van der Waals surface area (Å²) in [5.74, 6) is -0.220. The van der Waals surface area contributed by atoms with E-state index in [-0.39, 0.29) is 11.7 Å². The molecule has 0 spiro atoms. The number of benzene rings is 1. The van der Waals surface area contributed by atoms with Crippen molar-refractivity contribution in [3.8, 4) is 0 Å². The molecule has 0 aromatic heterocycles. The Bertz CT molecular complexity index is 406. The Kier molecular flexibility index (Phi) is 3.19. The topological polar surface area (TPSA) is 46.3 Å². The van der Waals surface area contributed by atoms with E-state index in [1.807, 2.05) is 0 Å². The second-order valence-corrected chi connectivity index (χ2v) is 3.96. The fourth-order valence-electron chi connectivity index (χ4n) is 2.08. The number of hydrogen-bond acceptors (Lipinski definition) is 2. The number of carbonyl (C=O) groups excluding carboxylic acids is 1. The largest absolute Gasteiger partial charge is 0.330 e. The van der Waals surface area contributed by atoms with Crippen molar-refractivity contribution in [1.82, 2.24) is 0 Å². The molecule has 2 rings (SSSR count). The van der Waals surface area contributed by atoms with Gasteiger partial charge in [-0.05, 0) is 36.6 Å². The average Bonchev–Trinajstić information content (AvgIpc) is 2.28. The molecule has 2 N–H and O–H groups in total. The zero-order chi connectivity index (χ0) is 11.5. The van der Waals surface area contributed by atoms with Crippen LogP contribution in [0.3, 0.4) is 0 Å². The minimum atomic E-state index is -0.244. The first-order chi connectivity index (χ1) is 7.72. The molecule has 1 amide bonds. The summed E-state index contributed by atoms with van der Waals surface area (Å²) in [5.41, 5.74) is 7.13. The maximum absolute atomic E-state index is 13.0. The molecular formula is C12H15FN2O. The van der Waals surface area contributed by atoms with Gasteiger partial charge in [0.1, 0.15) is 5.82 Å². The molecule has 1 aromatic carbocycles. The van der Waals surface area contributed by atoms with E-state index >= 15 is 0 Å². The van der Waals surface area contributed by atoms with Crippen molar-refractivity contribution in [2.45, 2.75) is 19.3 Å². The lowest BCUT2D eigenvalue weighted by molar-refractivity contribution is -0.118. The number of rotatable bonds is 2. The summed E-state index contributed by atoms with van der Waals surface area (Å²) < 4.78 is 13.0. The fourth-order valence-corrected chi connectivity index (χ4v) is 2.08. The van der Waals surface area contributed by atoms with Gasteiger partial charge in [-0.15, -0.1) is 0 Å². The van der Waals surface area contributed by atoms with Crippen molar-refractivity contribution < 1.29 is 9.18 Å². The van der Waals surface area contributed by atoms with E-state index in [9.17, 15) is 9.18 Å². The van der Waals surface area contributed by atoms with Crippen LogP contribution in [0.1, 0.15) is 18.4 Å². The second kappa shape index (κ2) is 4.61. The summed E-state index contributed by atoms with van der Waals surface area (Å²) in [6.45, 7) is 1.06. The number of nitrogens with two attached hydrogens (primary N) is 1. The van der Waals surface area contributed by atoms with Gasteiger partial charge in [0.15, 0.2) is 0 Å². The maximum atomic E-state index is 13.0. The van der Waals surface area contributed by atoms with Gasteiger partial charge in [-0.1, -0.05) is 0 Å². The molecule has 0 saturated heterocycles. The monoisotopic (exact) mass is 222 g/mol. The van der Waals surface area contributed by atoms with Crippen molar-refractivity contribution >= 4 is 11.6 Å². The Morgan fingerprint density at radius 2 is 2.31 bits per heavy atom. The first-order valence-electron chi connectivity index (χ1n) is 5.51. The van der Waals surface area contributed by atoms with Gasteiger partial charge in [-0.2, -0.15) is 0 Å². The van der Waals surface area contributed by atoms with E-state index in [1.54, 1.807) is 11.0 Å². The van der Waals surface area contributed by atoms with E-state index in [2.05, 4.69) is 0 Å².